The maximum absolute atomic E-state index is 12.8. The molecule has 0 fully saturated rings. The molecule has 6 heteroatoms. The highest BCUT2D eigenvalue weighted by molar-refractivity contribution is 6.10. The van der Waals surface area contributed by atoms with Crippen molar-refractivity contribution < 1.29 is 14.0 Å². The van der Waals surface area contributed by atoms with E-state index >= 15 is 0 Å². The molecule has 0 bridgehead atoms. The van der Waals surface area contributed by atoms with Gasteiger partial charge in [-0.2, -0.15) is 5.26 Å². The first-order valence-electron chi connectivity index (χ1n) is 8.28. The number of para-hydroxylation sites is 1. The van der Waals surface area contributed by atoms with Gasteiger partial charge in [-0.1, -0.05) is 12.1 Å². The van der Waals surface area contributed by atoms with Crippen LogP contribution in [0.15, 0.2) is 71.3 Å². The molecule has 0 atom stereocenters. The second kappa shape index (κ2) is 8.02. The number of furan rings is 1. The van der Waals surface area contributed by atoms with Gasteiger partial charge in [0.25, 0.3) is 11.8 Å². The first kappa shape index (κ1) is 18.0. The number of hydrogen-bond acceptors (Lipinski definition) is 4. The third-order valence-electron chi connectivity index (χ3n) is 4.08. The molecule has 134 valence electrons. The first-order chi connectivity index (χ1) is 13.1. The number of carbonyl (C=O) groups is 2. The van der Waals surface area contributed by atoms with Crippen LogP contribution in [0.2, 0.25) is 0 Å². The number of amides is 2. The topological polar surface area (TPSA) is 86.3 Å². The molecule has 1 aromatic heterocycles. The number of nitriles is 1. The molecule has 3 rings (SSSR count). The Morgan fingerprint density at radius 2 is 1.81 bits per heavy atom. The summed E-state index contributed by atoms with van der Waals surface area (Å²) in [6.45, 7) is 0.257. The van der Waals surface area contributed by atoms with Gasteiger partial charge >= 0.3 is 0 Å². The summed E-state index contributed by atoms with van der Waals surface area (Å²) in [6.07, 6.45) is 1.54. The smallest absolute Gasteiger partial charge is 0.258 e. The molecule has 0 unspecified atom stereocenters. The van der Waals surface area contributed by atoms with Gasteiger partial charge < -0.3 is 14.6 Å². The van der Waals surface area contributed by atoms with Crippen LogP contribution in [0.5, 0.6) is 0 Å². The van der Waals surface area contributed by atoms with Crippen molar-refractivity contribution in [3.05, 3.63) is 89.4 Å². The lowest BCUT2D eigenvalue weighted by Crippen LogP contribution is -2.30. The van der Waals surface area contributed by atoms with Gasteiger partial charge in [0.05, 0.1) is 35.7 Å². The van der Waals surface area contributed by atoms with Gasteiger partial charge in [0.1, 0.15) is 5.76 Å². The van der Waals surface area contributed by atoms with Crippen LogP contribution >= 0.6 is 0 Å². The van der Waals surface area contributed by atoms with Gasteiger partial charge in [0.15, 0.2) is 0 Å². The van der Waals surface area contributed by atoms with Crippen molar-refractivity contribution in [1.29, 1.82) is 5.26 Å². The Morgan fingerprint density at radius 3 is 2.48 bits per heavy atom. The molecule has 2 aromatic carbocycles. The van der Waals surface area contributed by atoms with Crippen molar-refractivity contribution in [2.24, 2.45) is 0 Å². The van der Waals surface area contributed by atoms with Gasteiger partial charge in [-0.3, -0.25) is 9.59 Å². The molecule has 1 heterocycles. The number of anilines is 1. The van der Waals surface area contributed by atoms with Crippen molar-refractivity contribution in [3.63, 3.8) is 0 Å². The van der Waals surface area contributed by atoms with Crippen molar-refractivity contribution in [2.75, 3.05) is 11.9 Å². The Hall–Kier alpha value is -3.85. The number of carbonyl (C=O) groups excluding carboxylic acids is 2. The zero-order valence-electron chi connectivity index (χ0n) is 14.7. The van der Waals surface area contributed by atoms with Gasteiger partial charge in [-0.15, -0.1) is 0 Å². The van der Waals surface area contributed by atoms with Crippen LogP contribution in [-0.4, -0.2) is 18.9 Å². The zero-order valence-corrected chi connectivity index (χ0v) is 14.7. The van der Waals surface area contributed by atoms with Crippen molar-refractivity contribution in [2.45, 2.75) is 6.54 Å². The van der Waals surface area contributed by atoms with E-state index in [1.807, 2.05) is 6.07 Å². The summed E-state index contributed by atoms with van der Waals surface area (Å²) in [5.74, 6) is 0.0649. The molecule has 0 saturated heterocycles. The molecular formula is C21H17N3O3. The summed E-state index contributed by atoms with van der Waals surface area (Å²) in [6, 6.07) is 18.8. The van der Waals surface area contributed by atoms with Crippen molar-refractivity contribution >= 4 is 17.5 Å². The molecule has 0 spiro atoms. The first-order valence-corrected chi connectivity index (χ1v) is 8.28. The Kier molecular flexibility index (Phi) is 5.33. The lowest BCUT2D eigenvalue weighted by Gasteiger charge is -2.20. The molecule has 6 nitrogen and oxygen atoms in total. The molecule has 2 amide bonds. The minimum atomic E-state index is -0.304. The zero-order chi connectivity index (χ0) is 19.2. The van der Waals surface area contributed by atoms with Gasteiger partial charge in [-0.25, -0.2) is 0 Å². The molecule has 0 saturated carbocycles. The fraction of sp³-hybridized carbons (Fsp3) is 0.0952. The average molecular weight is 359 g/mol. The standard InChI is InChI=1S/C21H17N3O3/c1-24(21(26)16-10-8-15(13-22)9-11-16)19-7-3-2-6-18(19)20(25)23-14-17-5-4-12-27-17/h2-12H,14H2,1H3,(H,23,25). The lowest BCUT2D eigenvalue weighted by molar-refractivity contribution is 0.0948. The molecule has 27 heavy (non-hydrogen) atoms. The Morgan fingerprint density at radius 1 is 1.07 bits per heavy atom. The lowest BCUT2D eigenvalue weighted by atomic mass is 10.1. The molecule has 0 aliphatic rings. The van der Waals surface area contributed by atoms with Crippen LogP contribution in [0.1, 0.15) is 32.0 Å². The summed E-state index contributed by atoms with van der Waals surface area (Å²) in [7, 11) is 1.61. The Labute approximate surface area is 156 Å². The molecule has 1 N–H and O–H groups in total. The summed E-state index contributed by atoms with van der Waals surface area (Å²) >= 11 is 0. The molecule has 0 radical (unpaired) electrons. The van der Waals surface area contributed by atoms with Crippen LogP contribution in [0.3, 0.4) is 0 Å². The predicted octanol–water partition coefficient (Wildman–Crippen LogP) is 3.36. The van der Waals surface area contributed by atoms with Gasteiger partial charge in [-0.05, 0) is 48.5 Å². The summed E-state index contributed by atoms with van der Waals surface area (Å²) in [5.41, 5.74) is 1.78. The van der Waals surface area contributed by atoms with Crippen molar-refractivity contribution in [1.82, 2.24) is 5.32 Å². The highest BCUT2D eigenvalue weighted by atomic mass is 16.3. The number of hydrogen-bond donors (Lipinski definition) is 1. The largest absolute Gasteiger partial charge is 0.467 e. The molecule has 3 aromatic rings. The fourth-order valence-electron chi connectivity index (χ4n) is 2.62. The highest BCUT2D eigenvalue weighted by Gasteiger charge is 2.19. The monoisotopic (exact) mass is 359 g/mol. The van der Waals surface area contributed by atoms with E-state index in [0.29, 0.717) is 28.1 Å². The second-order valence-electron chi connectivity index (χ2n) is 5.83. The summed E-state index contributed by atoms with van der Waals surface area (Å²) < 4.78 is 5.21. The van der Waals surface area contributed by atoms with E-state index in [-0.39, 0.29) is 18.4 Å². The van der Waals surface area contributed by atoms with E-state index in [1.54, 1.807) is 74.0 Å². The third kappa shape index (κ3) is 4.05. The summed E-state index contributed by atoms with van der Waals surface area (Å²) in [5, 5.41) is 11.7. The van der Waals surface area contributed by atoms with Crippen molar-refractivity contribution in [3.8, 4) is 6.07 Å². The minimum Gasteiger partial charge on any atom is -0.467 e. The van der Waals surface area contributed by atoms with E-state index in [2.05, 4.69) is 5.32 Å². The second-order valence-corrected chi connectivity index (χ2v) is 5.83. The normalized spacial score (nSPS) is 10.1. The fourth-order valence-corrected chi connectivity index (χ4v) is 2.62. The van der Waals surface area contributed by atoms with E-state index in [1.165, 1.54) is 4.90 Å². The van der Waals surface area contributed by atoms with Crippen LogP contribution in [0, 0.1) is 11.3 Å². The number of nitrogens with one attached hydrogen (secondary N) is 1. The van der Waals surface area contributed by atoms with E-state index in [0.717, 1.165) is 0 Å². The van der Waals surface area contributed by atoms with Crippen LogP contribution in [-0.2, 0) is 6.54 Å². The Balaban J connectivity index is 1.80. The van der Waals surface area contributed by atoms with Gasteiger partial charge in [0.2, 0.25) is 0 Å². The summed E-state index contributed by atoms with van der Waals surface area (Å²) in [4.78, 5) is 26.8. The number of benzene rings is 2. The van der Waals surface area contributed by atoms with Crippen LogP contribution < -0.4 is 10.2 Å². The highest BCUT2D eigenvalue weighted by Crippen LogP contribution is 2.21. The van der Waals surface area contributed by atoms with E-state index in [4.69, 9.17) is 9.68 Å². The average Bonchev–Trinajstić information content (AvgIpc) is 3.24. The maximum Gasteiger partial charge on any atom is 0.258 e. The van der Waals surface area contributed by atoms with E-state index < -0.39 is 0 Å². The molecule has 0 aliphatic heterocycles. The van der Waals surface area contributed by atoms with E-state index in [9.17, 15) is 9.59 Å². The predicted molar refractivity (Wildman–Crippen MR) is 100 cm³/mol. The molecule has 0 aliphatic carbocycles. The maximum atomic E-state index is 12.8. The Bertz CT molecular complexity index is 986. The number of rotatable bonds is 5. The SMILES string of the molecule is CN(C(=O)c1ccc(C#N)cc1)c1ccccc1C(=O)NCc1ccco1. The minimum absolute atomic E-state index is 0.257. The van der Waals surface area contributed by atoms with Crippen LogP contribution in [0.25, 0.3) is 0 Å². The van der Waals surface area contributed by atoms with Gasteiger partial charge in [0, 0.05) is 12.6 Å². The molecular weight excluding hydrogens is 342 g/mol. The van der Waals surface area contributed by atoms with Crippen LogP contribution in [0.4, 0.5) is 5.69 Å². The quantitative estimate of drug-likeness (QED) is 0.757. The number of nitrogens with zero attached hydrogens (tertiary/aromatic N) is 2. The third-order valence-corrected chi connectivity index (χ3v) is 4.08.